The van der Waals surface area contributed by atoms with Crippen LogP contribution in [0.4, 0.5) is 11.4 Å². The molecule has 1 atom stereocenters. The second-order valence-corrected chi connectivity index (χ2v) is 5.71. The summed E-state index contributed by atoms with van der Waals surface area (Å²) < 4.78 is 10.8. The Kier molecular flexibility index (Phi) is 3.46. The molecule has 0 aliphatic heterocycles. The van der Waals surface area contributed by atoms with Crippen molar-refractivity contribution >= 4 is 38.9 Å². The van der Waals surface area contributed by atoms with E-state index in [0.29, 0.717) is 0 Å². The first-order valence-corrected chi connectivity index (χ1v) is 7.25. The van der Waals surface area contributed by atoms with Crippen LogP contribution in [0.25, 0.3) is 0 Å². The van der Waals surface area contributed by atoms with Gasteiger partial charge in [0.05, 0.1) is 0 Å². The van der Waals surface area contributed by atoms with E-state index in [1.54, 1.807) is 0 Å². The van der Waals surface area contributed by atoms with Gasteiger partial charge in [-0.25, -0.2) is 0 Å². The van der Waals surface area contributed by atoms with Gasteiger partial charge in [-0.2, -0.15) is 0 Å². The number of hydrogen-bond acceptors (Lipinski definition) is 5. The van der Waals surface area contributed by atoms with E-state index in [1.165, 1.54) is 0 Å². The number of benzene rings is 1. The first kappa shape index (κ1) is 11.7. The first-order chi connectivity index (χ1) is 6.93. The molecule has 9 heteroatoms. The predicted octanol–water partition coefficient (Wildman–Crippen LogP) is 0.867. The summed E-state index contributed by atoms with van der Waals surface area (Å²) in [4.78, 5) is 19.2. The van der Waals surface area contributed by atoms with Crippen molar-refractivity contribution in [2.24, 2.45) is 0 Å². The first-order valence-electron chi connectivity index (χ1n) is 3.44. The third-order valence-electron chi connectivity index (χ3n) is 1.52. The summed E-state index contributed by atoms with van der Waals surface area (Å²) in [5.74, 6) is 0. The van der Waals surface area contributed by atoms with Crippen LogP contribution in [0.3, 0.4) is 0 Å². The van der Waals surface area contributed by atoms with E-state index in [2.05, 4.69) is 0 Å². The van der Waals surface area contributed by atoms with Gasteiger partial charge in [0.2, 0.25) is 0 Å². The van der Waals surface area contributed by atoms with Crippen molar-refractivity contribution < 1.29 is 13.7 Å². The van der Waals surface area contributed by atoms with Crippen molar-refractivity contribution in [1.29, 1.82) is 0 Å². The molecule has 0 aliphatic rings. The minimum absolute atomic E-state index is 0.160. The van der Waals surface area contributed by atoms with E-state index >= 15 is 0 Å². The Morgan fingerprint density at radius 1 is 1.20 bits per heavy atom. The van der Waals surface area contributed by atoms with Crippen molar-refractivity contribution in [3.05, 3.63) is 38.4 Å². The molecular weight excluding hydrogens is 294 g/mol. The van der Waals surface area contributed by atoms with E-state index < -0.39 is 34.1 Å². The van der Waals surface area contributed by atoms with Gasteiger partial charge in [-0.3, -0.25) is 0 Å². The number of halogens is 1. The van der Waals surface area contributed by atoms with Gasteiger partial charge in [0.1, 0.15) is 0 Å². The van der Waals surface area contributed by atoms with Crippen molar-refractivity contribution in [2.45, 2.75) is 0 Å². The molecule has 0 saturated heterocycles. The topological polar surface area (TPSA) is 103 Å². The fraction of sp³-hybridized carbons (Fsp3) is 0. The molecular formula is C6H3ClN2O5Se. The molecule has 0 aromatic heterocycles. The monoisotopic (exact) mass is 298 g/mol. The summed E-state index contributed by atoms with van der Waals surface area (Å²) in [6.45, 7) is 0. The molecule has 0 spiro atoms. The van der Waals surface area contributed by atoms with Gasteiger partial charge in [-0.15, -0.1) is 0 Å². The zero-order chi connectivity index (χ0) is 11.6. The van der Waals surface area contributed by atoms with E-state index in [4.69, 9.17) is 10.1 Å². The summed E-state index contributed by atoms with van der Waals surface area (Å²) in [5, 5.41) is 20.8. The zero-order valence-corrected chi connectivity index (χ0v) is 9.42. The van der Waals surface area contributed by atoms with E-state index in [1.807, 2.05) is 0 Å². The number of nitrogens with zero attached hydrogens (tertiary/aromatic N) is 2. The predicted molar refractivity (Wildman–Crippen MR) is 51.7 cm³/mol. The molecule has 0 fully saturated rings. The maximum atomic E-state index is 11.0. The Bertz CT molecular complexity index is 463. The van der Waals surface area contributed by atoms with Crippen LogP contribution in [-0.4, -0.2) is 22.8 Å². The van der Waals surface area contributed by atoms with Gasteiger partial charge in [-0.05, 0) is 0 Å². The van der Waals surface area contributed by atoms with Gasteiger partial charge in [-0.1, -0.05) is 0 Å². The third-order valence-corrected chi connectivity index (χ3v) is 3.84. The summed E-state index contributed by atoms with van der Waals surface area (Å²) >= 11 is -2.99. The summed E-state index contributed by atoms with van der Waals surface area (Å²) in [7, 11) is 5.28. The zero-order valence-electron chi connectivity index (χ0n) is 6.95. The molecule has 0 aliphatic carbocycles. The van der Waals surface area contributed by atoms with Crippen molar-refractivity contribution in [1.82, 2.24) is 0 Å². The van der Waals surface area contributed by atoms with Gasteiger partial charge in [0.25, 0.3) is 0 Å². The molecule has 0 saturated carbocycles. The molecule has 1 rings (SSSR count). The normalized spacial score (nSPS) is 12.1. The molecule has 0 N–H and O–H groups in total. The Morgan fingerprint density at radius 3 is 2.20 bits per heavy atom. The molecule has 0 heterocycles. The average Bonchev–Trinajstić information content (AvgIpc) is 2.16. The average molecular weight is 298 g/mol. The number of nitro groups is 2. The Morgan fingerprint density at radius 2 is 1.80 bits per heavy atom. The standard InChI is InChI=1S/C6H3ClN2O5Se/c7-15(14)6-2-1-4(8(10)11)3-5(6)9(12)13/h1-3H. The molecule has 0 amide bonds. The van der Waals surface area contributed by atoms with E-state index in [-0.39, 0.29) is 4.46 Å². The van der Waals surface area contributed by atoms with Gasteiger partial charge < -0.3 is 0 Å². The van der Waals surface area contributed by atoms with Crippen LogP contribution in [0.1, 0.15) is 0 Å². The fourth-order valence-corrected chi connectivity index (χ4v) is 2.57. The minimum atomic E-state index is -2.99. The van der Waals surface area contributed by atoms with E-state index in [9.17, 15) is 24.1 Å². The maximum absolute atomic E-state index is 11.0. The van der Waals surface area contributed by atoms with Crippen LogP contribution in [0, 0.1) is 20.2 Å². The third kappa shape index (κ3) is 2.56. The SMILES string of the molecule is O=[N+]([O-])c1ccc([Se](=O)Cl)c([N+](=O)[O-])c1. The van der Waals surface area contributed by atoms with Crippen molar-refractivity contribution in [3.63, 3.8) is 0 Å². The number of rotatable bonds is 3. The van der Waals surface area contributed by atoms with Crippen LogP contribution < -0.4 is 4.46 Å². The Balaban J connectivity index is 3.40. The number of nitro benzene ring substituents is 2. The molecule has 80 valence electrons. The molecule has 7 nitrogen and oxygen atoms in total. The van der Waals surface area contributed by atoms with E-state index in [0.717, 1.165) is 18.2 Å². The van der Waals surface area contributed by atoms with Crippen LogP contribution in [0.5, 0.6) is 0 Å². The Hall–Kier alpha value is -1.37. The van der Waals surface area contributed by atoms with Crippen LogP contribution >= 0.6 is 10.1 Å². The number of hydrogen-bond donors (Lipinski definition) is 0. The molecule has 0 radical (unpaired) electrons. The van der Waals surface area contributed by atoms with Gasteiger partial charge in [0.15, 0.2) is 0 Å². The molecule has 15 heavy (non-hydrogen) atoms. The summed E-state index contributed by atoms with van der Waals surface area (Å²) in [6, 6.07) is 2.81. The Labute approximate surface area is 91.3 Å². The van der Waals surface area contributed by atoms with Gasteiger partial charge in [0, 0.05) is 0 Å². The molecule has 0 bridgehead atoms. The van der Waals surface area contributed by atoms with Crippen molar-refractivity contribution in [2.75, 3.05) is 0 Å². The second-order valence-electron chi connectivity index (χ2n) is 2.39. The molecule has 1 aromatic carbocycles. The molecule has 1 unspecified atom stereocenters. The summed E-state index contributed by atoms with van der Waals surface area (Å²) in [6.07, 6.45) is 0. The summed E-state index contributed by atoms with van der Waals surface area (Å²) in [5.41, 5.74) is -1.02. The quantitative estimate of drug-likeness (QED) is 0.468. The van der Waals surface area contributed by atoms with Crippen LogP contribution in [0.2, 0.25) is 0 Å². The fourth-order valence-electron chi connectivity index (χ4n) is 0.898. The van der Waals surface area contributed by atoms with Crippen molar-refractivity contribution in [3.8, 4) is 0 Å². The van der Waals surface area contributed by atoms with Gasteiger partial charge >= 0.3 is 91.0 Å². The number of non-ortho nitro benzene ring substituents is 1. The van der Waals surface area contributed by atoms with Crippen LogP contribution in [-0.2, 0) is 3.83 Å². The second kappa shape index (κ2) is 4.43. The molecule has 1 aromatic rings. The van der Waals surface area contributed by atoms with Crippen LogP contribution in [0.15, 0.2) is 18.2 Å².